The number of oxime groups is 1. The van der Waals surface area contributed by atoms with Gasteiger partial charge in [-0.15, -0.1) is 0 Å². The molecule has 0 aromatic carbocycles. The van der Waals surface area contributed by atoms with Crippen molar-refractivity contribution < 1.29 is 5.21 Å². The van der Waals surface area contributed by atoms with Crippen molar-refractivity contribution in [2.24, 2.45) is 5.16 Å². The zero-order valence-corrected chi connectivity index (χ0v) is 6.83. The molecule has 3 nitrogen and oxygen atoms in total. The predicted molar refractivity (Wildman–Crippen MR) is 47.1 cm³/mol. The van der Waals surface area contributed by atoms with E-state index in [2.05, 4.69) is 17.4 Å². The van der Waals surface area contributed by atoms with Crippen molar-refractivity contribution in [3.63, 3.8) is 0 Å². The first-order valence-electron chi connectivity index (χ1n) is 3.87. The Morgan fingerprint density at radius 1 is 1.50 bits per heavy atom. The number of hydrogen-bond donors (Lipinski definition) is 2. The van der Waals surface area contributed by atoms with Crippen LogP contribution in [0.25, 0.3) is 0 Å². The summed E-state index contributed by atoms with van der Waals surface area (Å²) in [5.41, 5.74) is 4.20. The number of allylic oxidation sites excluding steroid dienone is 3. The molecule has 1 heterocycles. The summed E-state index contributed by atoms with van der Waals surface area (Å²) in [6.45, 7) is 2.98. The van der Waals surface area contributed by atoms with E-state index in [0.29, 0.717) is 5.71 Å². The Bertz CT molecular complexity index is 334. The predicted octanol–water partition coefficient (Wildman–Crippen LogP) is 1.19. The largest absolute Gasteiger partial charge is 0.410 e. The Kier molecular flexibility index (Phi) is 1.50. The van der Waals surface area contributed by atoms with E-state index in [1.165, 1.54) is 11.1 Å². The first kappa shape index (κ1) is 7.16. The first-order chi connectivity index (χ1) is 5.81. The van der Waals surface area contributed by atoms with Gasteiger partial charge in [0.05, 0.1) is 0 Å². The summed E-state index contributed by atoms with van der Waals surface area (Å²) in [5, 5.41) is 14.9. The maximum atomic E-state index is 8.53. The van der Waals surface area contributed by atoms with Crippen molar-refractivity contribution in [2.75, 3.05) is 6.54 Å². The summed E-state index contributed by atoms with van der Waals surface area (Å²) in [4.78, 5) is 0. The summed E-state index contributed by atoms with van der Waals surface area (Å²) >= 11 is 0. The average Bonchev–Trinajstić information content (AvgIpc) is 2.47. The van der Waals surface area contributed by atoms with Gasteiger partial charge in [-0.05, 0) is 30.2 Å². The highest BCUT2D eigenvalue weighted by molar-refractivity contribution is 6.06. The highest BCUT2D eigenvalue weighted by Gasteiger charge is 2.16. The van der Waals surface area contributed by atoms with Gasteiger partial charge in [-0.25, -0.2) is 0 Å². The highest BCUT2D eigenvalue weighted by Crippen LogP contribution is 2.23. The number of rotatable bonds is 0. The second kappa shape index (κ2) is 2.52. The minimum atomic E-state index is 0.593. The maximum Gasteiger partial charge on any atom is 0.104 e. The van der Waals surface area contributed by atoms with Gasteiger partial charge in [-0.3, -0.25) is 0 Å². The number of nitrogens with zero attached hydrogens (tertiary/aromatic N) is 1. The van der Waals surface area contributed by atoms with Crippen LogP contribution in [0, 0.1) is 0 Å². The molecular formula is C9H10N2O. The molecule has 1 aliphatic carbocycles. The minimum Gasteiger partial charge on any atom is -0.410 e. The second-order valence-corrected chi connectivity index (χ2v) is 2.96. The summed E-state index contributed by atoms with van der Waals surface area (Å²) in [7, 11) is 0. The zero-order chi connectivity index (χ0) is 8.55. The van der Waals surface area contributed by atoms with Gasteiger partial charge in [0.15, 0.2) is 0 Å². The first-order valence-corrected chi connectivity index (χ1v) is 3.87. The summed E-state index contributed by atoms with van der Waals surface area (Å²) in [6, 6.07) is 0. The molecule has 1 aliphatic heterocycles. The van der Waals surface area contributed by atoms with Crippen LogP contribution in [0.1, 0.15) is 6.92 Å². The van der Waals surface area contributed by atoms with Gasteiger partial charge in [0.25, 0.3) is 0 Å². The summed E-state index contributed by atoms with van der Waals surface area (Å²) < 4.78 is 0. The standard InChI is InChI=1S/C9H10N2O/c1-6-5-10-9-4-7(11-12)2-3-8(6)9/h2-4,10,12H,5H2,1H3. The number of fused-ring (bicyclic) bond motifs is 1. The molecule has 0 spiro atoms. The van der Waals surface area contributed by atoms with Crippen LogP contribution in [0.2, 0.25) is 0 Å². The zero-order valence-electron chi connectivity index (χ0n) is 6.83. The topological polar surface area (TPSA) is 44.6 Å². The summed E-state index contributed by atoms with van der Waals surface area (Å²) in [5.74, 6) is 0. The van der Waals surface area contributed by atoms with E-state index in [1.54, 1.807) is 6.08 Å². The molecule has 0 aromatic rings. The van der Waals surface area contributed by atoms with Crippen LogP contribution in [0.15, 0.2) is 40.2 Å². The molecule has 3 heteroatoms. The van der Waals surface area contributed by atoms with E-state index in [4.69, 9.17) is 5.21 Å². The van der Waals surface area contributed by atoms with E-state index in [-0.39, 0.29) is 0 Å². The number of hydrogen-bond acceptors (Lipinski definition) is 3. The van der Waals surface area contributed by atoms with E-state index in [9.17, 15) is 0 Å². The molecule has 12 heavy (non-hydrogen) atoms. The van der Waals surface area contributed by atoms with Crippen molar-refractivity contribution in [3.05, 3.63) is 35.1 Å². The van der Waals surface area contributed by atoms with E-state index in [0.717, 1.165) is 12.2 Å². The van der Waals surface area contributed by atoms with Crippen LogP contribution in [-0.4, -0.2) is 17.5 Å². The monoisotopic (exact) mass is 162 g/mol. The second-order valence-electron chi connectivity index (χ2n) is 2.96. The summed E-state index contributed by atoms with van der Waals surface area (Å²) in [6.07, 6.45) is 5.61. The van der Waals surface area contributed by atoms with Gasteiger partial charge in [-0.1, -0.05) is 11.2 Å². The van der Waals surface area contributed by atoms with Crippen LogP contribution < -0.4 is 5.32 Å². The Morgan fingerprint density at radius 2 is 2.33 bits per heavy atom. The minimum absolute atomic E-state index is 0.593. The lowest BCUT2D eigenvalue weighted by Crippen LogP contribution is -2.10. The van der Waals surface area contributed by atoms with E-state index in [1.807, 2.05) is 12.2 Å². The van der Waals surface area contributed by atoms with Crippen LogP contribution in [-0.2, 0) is 0 Å². The van der Waals surface area contributed by atoms with Crippen LogP contribution in [0.4, 0.5) is 0 Å². The molecule has 2 N–H and O–H groups in total. The lowest BCUT2D eigenvalue weighted by atomic mass is 10.0. The van der Waals surface area contributed by atoms with E-state index < -0.39 is 0 Å². The maximum absolute atomic E-state index is 8.53. The molecule has 0 amide bonds. The Morgan fingerprint density at radius 3 is 3.08 bits per heavy atom. The van der Waals surface area contributed by atoms with Gasteiger partial charge in [0, 0.05) is 12.2 Å². The fraction of sp³-hybridized carbons (Fsp3) is 0.222. The molecule has 0 radical (unpaired) electrons. The normalized spacial score (nSPS) is 24.1. The fourth-order valence-corrected chi connectivity index (χ4v) is 1.44. The molecule has 0 aromatic heterocycles. The SMILES string of the molecule is CC1=C2C=CC(=NO)C=C2NC1. The van der Waals surface area contributed by atoms with Crippen molar-refractivity contribution in [1.82, 2.24) is 5.32 Å². The molecule has 62 valence electrons. The molecule has 0 saturated heterocycles. The number of nitrogens with one attached hydrogen (secondary N) is 1. The van der Waals surface area contributed by atoms with Gasteiger partial charge in [0.1, 0.15) is 5.71 Å². The van der Waals surface area contributed by atoms with Crippen molar-refractivity contribution >= 4 is 5.71 Å². The highest BCUT2D eigenvalue weighted by atomic mass is 16.4. The molecule has 0 saturated carbocycles. The molecule has 0 atom stereocenters. The van der Waals surface area contributed by atoms with Gasteiger partial charge in [0.2, 0.25) is 0 Å². The molecular weight excluding hydrogens is 152 g/mol. The van der Waals surface area contributed by atoms with Crippen LogP contribution in [0.5, 0.6) is 0 Å². The van der Waals surface area contributed by atoms with Crippen molar-refractivity contribution in [3.8, 4) is 0 Å². The fourth-order valence-electron chi connectivity index (χ4n) is 1.44. The third kappa shape index (κ3) is 0.942. The Balaban J connectivity index is 2.43. The lowest BCUT2D eigenvalue weighted by Gasteiger charge is -2.06. The van der Waals surface area contributed by atoms with Crippen molar-refractivity contribution in [1.29, 1.82) is 0 Å². The van der Waals surface area contributed by atoms with Crippen LogP contribution >= 0.6 is 0 Å². The van der Waals surface area contributed by atoms with E-state index >= 15 is 0 Å². The third-order valence-electron chi connectivity index (χ3n) is 2.12. The molecule has 2 aliphatic rings. The van der Waals surface area contributed by atoms with Gasteiger partial charge in [-0.2, -0.15) is 0 Å². The molecule has 0 fully saturated rings. The smallest absolute Gasteiger partial charge is 0.104 e. The Labute approximate surface area is 70.8 Å². The van der Waals surface area contributed by atoms with Crippen LogP contribution in [0.3, 0.4) is 0 Å². The quantitative estimate of drug-likeness (QED) is 0.415. The molecule has 0 bridgehead atoms. The third-order valence-corrected chi connectivity index (χ3v) is 2.12. The van der Waals surface area contributed by atoms with Crippen molar-refractivity contribution in [2.45, 2.75) is 6.92 Å². The molecule has 0 unspecified atom stereocenters. The van der Waals surface area contributed by atoms with Gasteiger partial charge < -0.3 is 10.5 Å². The lowest BCUT2D eigenvalue weighted by molar-refractivity contribution is 0.320. The Hall–Kier alpha value is -1.51. The molecule has 2 rings (SSSR count). The van der Waals surface area contributed by atoms with Gasteiger partial charge >= 0.3 is 0 Å². The average molecular weight is 162 g/mol.